The molecule has 16 heavy (non-hydrogen) atoms. The normalized spacial score (nSPS) is 21.2. The van der Waals surface area contributed by atoms with Crippen LogP contribution in [0.25, 0.3) is 0 Å². The number of rotatable bonds is 7. The Hall–Kier alpha value is -0.160. The van der Waals surface area contributed by atoms with Gasteiger partial charge in [0.15, 0.2) is 0 Å². The number of nitrogens with zero attached hydrogens (tertiary/aromatic N) is 1. The Morgan fingerprint density at radius 2 is 2.06 bits per heavy atom. The summed E-state index contributed by atoms with van der Waals surface area (Å²) in [6, 6.07) is 0. The van der Waals surface area contributed by atoms with E-state index in [-0.39, 0.29) is 6.10 Å². The number of hydrogen-bond donors (Lipinski definition) is 1. The largest absolute Gasteiger partial charge is 0.389 e. The number of aliphatic hydroxyl groups is 1. The Kier molecular flexibility index (Phi) is 6.96. The molecule has 1 atom stereocenters. The molecule has 0 aromatic rings. The lowest BCUT2D eigenvalue weighted by atomic mass is 9.97. The highest BCUT2D eigenvalue weighted by molar-refractivity contribution is 4.74. The lowest BCUT2D eigenvalue weighted by Crippen LogP contribution is -2.41. The van der Waals surface area contributed by atoms with E-state index in [4.69, 9.17) is 9.47 Å². The van der Waals surface area contributed by atoms with Crippen LogP contribution in [-0.2, 0) is 9.47 Å². The summed E-state index contributed by atoms with van der Waals surface area (Å²) in [4.78, 5) is 2.32. The van der Waals surface area contributed by atoms with Gasteiger partial charge in [0, 0.05) is 26.9 Å². The van der Waals surface area contributed by atoms with Gasteiger partial charge in [0.05, 0.1) is 12.7 Å². The maximum Gasteiger partial charge on any atom is 0.0900 e. The fourth-order valence-electron chi connectivity index (χ4n) is 2.18. The molecule has 0 amide bonds. The van der Waals surface area contributed by atoms with E-state index in [2.05, 4.69) is 4.90 Å². The van der Waals surface area contributed by atoms with Crippen molar-refractivity contribution in [2.24, 2.45) is 5.92 Å². The molecule has 0 aromatic heterocycles. The Bertz CT molecular complexity index is 170. The van der Waals surface area contributed by atoms with E-state index < -0.39 is 0 Å². The summed E-state index contributed by atoms with van der Waals surface area (Å²) < 4.78 is 10.4. The van der Waals surface area contributed by atoms with Crippen LogP contribution in [0.5, 0.6) is 0 Å². The fourth-order valence-corrected chi connectivity index (χ4v) is 2.18. The highest BCUT2D eigenvalue weighted by Crippen LogP contribution is 2.17. The Morgan fingerprint density at radius 1 is 1.38 bits per heavy atom. The van der Waals surface area contributed by atoms with Gasteiger partial charge in [0.25, 0.3) is 0 Å². The summed E-state index contributed by atoms with van der Waals surface area (Å²) in [5.41, 5.74) is 0. The molecule has 0 bridgehead atoms. The molecule has 0 spiro atoms. The first kappa shape index (κ1) is 13.9. The minimum Gasteiger partial charge on any atom is -0.389 e. The van der Waals surface area contributed by atoms with Crippen molar-refractivity contribution in [2.45, 2.75) is 25.9 Å². The average Bonchev–Trinajstić information content (AvgIpc) is 2.29. The van der Waals surface area contributed by atoms with Gasteiger partial charge in [-0.05, 0) is 38.8 Å². The summed E-state index contributed by atoms with van der Waals surface area (Å²) >= 11 is 0. The maximum atomic E-state index is 9.71. The first-order valence-corrected chi connectivity index (χ1v) is 6.23. The predicted molar refractivity (Wildman–Crippen MR) is 63.5 cm³/mol. The third kappa shape index (κ3) is 5.25. The Labute approximate surface area is 98.5 Å². The van der Waals surface area contributed by atoms with E-state index in [0.717, 1.165) is 26.2 Å². The number of methoxy groups -OCH3 is 1. The highest BCUT2D eigenvalue weighted by atomic mass is 16.5. The SMILES string of the molecule is CCOCC(O)CN1CCC(COC)CC1. The maximum absolute atomic E-state index is 9.71. The molecule has 4 heteroatoms. The van der Waals surface area contributed by atoms with Crippen molar-refractivity contribution >= 4 is 0 Å². The molecule has 1 saturated heterocycles. The molecular formula is C12H25NO3. The van der Waals surface area contributed by atoms with Crippen molar-refractivity contribution in [1.29, 1.82) is 0 Å². The number of piperidine rings is 1. The number of β-amino-alcohol motifs (C(OH)–C–C–N with tert-alkyl or cyclic N) is 1. The van der Waals surface area contributed by atoms with Crippen LogP contribution < -0.4 is 0 Å². The third-order valence-electron chi connectivity index (χ3n) is 3.09. The molecule has 0 aliphatic carbocycles. The van der Waals surface area contributed by atoms with Crippen molar-refractivity contribution in [3.05, 3.63) is 0 Å². The van der Waals surface area contributed by atoms with Crippen LogP contribution in [0.1, 0.15) is 19.8 Å². The van der Waals surface area contributed by atoms with Crippen molar-refractivity contribution < 1.29 is 14.6 Å². The first-order chi connectivity index (χ1) is 7.76. The first-order valence-electron chi connectivity index (χ1n) is 6.23. The second-order valence-electron chi connectivity index (χ2n) is 4.51. The lowest BCUT2D eigenvalue weighted by Gasteiger charge is -2.32. The van der Waals surface area contributed by atoms with Crippen LogP contribution in [0.3, 0.4) is 0 Å². The molecule has 4 nitrogen and oxygen atoms in total. The second-order valence-corrected chi connectivity index (χ2v) is 4.51. The van der Waals surface area contributed by atoms with Crippen molar-refractivity contribution in [2.75, 3.05) is 46.6 Å². The molecule has 0 radical (unpaired) electrons. The number of hydrogen-bond acceptors (Lipinski definition) is 4. The smallest absolute Gasteiger partial charge is 0.0900 e. The molecule has 0 saturated carbocycles. The van der Waals surface area contributed by atoms with E-state index in [1.807, 2.05) is 6.92 Å². The van der Waals surface area contributed by atoms with Crippen LogP contribution in [0, 0.1) is 5.92 Å². The Balaban J connectivity index is 2.11. The summed E-state index contributed by atoms with van der Waals surface area (Å²) in [5, 5.41) is 9.71. The quantitative estimate of drug-likeness (QED) is 0.702. The van der Waals surface area contributed by atoms with Gasteiger partial charge in [-0.3, -0.25) is 0 Å². The van der Waals surface area contributed by atoms with Gasteiger partial charge < -0.3 is 19.5 Å². The minimum atomic E-state index is -0.348. The van der Waals surface area contributed by atoms with Crippen molar-refractivity contribution in [3.8, 4) is 0 Å². The van der Waals surface area contributed by atoms with E-state index >= 15 is 0 Å². The van der Waals surface area contributed by atoms with Gasteiger partial charge in [0.1, 0.15) is 0 Å². The molecule has 1 heterocycles. The van der Waals surface area contributed by atoms with E-state index in [1.54, 1.807) is 7.11 Å². The van der Waals surface area contributed by atoms with Gasteiger partial charge >= 0.3 is 0 Å². The van der Waals surface area contributed by atoms with E-state index in [1.165, 1.54) is 12.8 Å². The number of likely N-dealkylation sites (tertiary alicyclic amines) is 1. The fraction of sp³-hybridized carbons (Fsp3) is 1.00. The zero-order valence-electron chi connectivity index (χ0n) is 10.5. The summed E-state index contributed by atoms with van der Waals surface area (Å²) in [6.45, 7) is 6.81. The zero-order chi connectivity index (χ0) is 11.8. The van der Waals surface area contributed by atoms with Crippen LogP contribution in [0.15, 0.2) is 0 Å². The summed E-state index contributed by atoms with van der Waals surface area (Å²) in [5.74, 6) is 0.699. The van der Waals surface area contributed by atoms with Gasteiger partial charge in [0.2, 0.25) is 0 Å². The molecular weight excluding hydrogens is 206 g/mol. The van der Waals surface area contributed by atoms with Crippen molar-refractivity contribution in [3.63, 3.8) is 0 Å². The van der Waals surface area contributed by atoms with Gasteiger partial charge in [-0.15, -0.1) is 0 Å². The molecule has 1 N–H and O–H groups in total. The lowest BCUT2D eigenvalue weighted by molar-refractivity contribution is 0.0107. The molecule has 1 aliphatic heterocycles. The molecule has 0 aromatic carbocycles. The van der Waals surface area contributed by atoms with E-state index in [0.29, 0.717) is 19.1 Å². The zero-order valence-corrected chi connectivity index (χ0v) is 10.5. The van der Waals surface area contributed by atoms with Crippen LogP contribution in [-0.4, -0.2) is 62.7 Å². The molecule has 1 fully saturated rings. The molecule has 1 unspecified atom stereocenters. The Morgan fingerprint density at radius 3 is 2.62 bits per heavy atom. The van der Waals surface area contributed by atoms with Gasteiger partial charge in [-0.1, -0.05) is 0 Å². The second kappa shape index (κ2) is 8.01. The van der Waals surface area contributed by atoms with Crippen molar-refractivity contribution in [1.82, 2.24) is 4.90 Å². The standard InChI is InChI=1S/C12H25NO3/c1-3-16-10-12(14)8-13-6-4-11(5-7-13)9-15-2/h11-12,14H,3-10H2,1-2H3. The highest BCUT2D eigenvalue weighted by Gasteiger charge is 2.20. The van der Waals surface area contributed by atoms with Gasteiger partial charge in [-0.2, -0.15) is 0 Å². The molecule has 1 aliphatic rings. The van der Waals surface area contributed by atoms with Crippen LogP contribution in [0.4, 0.5) is 0 Å². The molecule has 1 rings (SSSR count). The molecule has 96 valence electrons. The van der Waals surface area contributed by atoms with Crippen LogP contribution in [0.2, 0.25) is 0 Å². The van der Waals surface area contributed by atoms with E-state index in [9.17, 15) is 5.11 Å². The van der Waals surface area contributed by atoms with Gasteiger partial charge in [-0.25, -0.2) is 0 Å². The van der Waals surface area contributed by atoms with Crippen LogP contribution >= 0.6 is 0 Å². The summed E-state index contributed by atoms with van der Waals surface area (Å²) in [6.07, 6.45) is 2.00. The summed E-state index contributed by atoms with van der Waals surface area (Å²) in [7, 11) is 1.76. The number of ether oxygens (including phenoxy) is 2. The predicted octanol–water partition coefficient (Wildman–Crippen LogP) is 0.742. The minimum absolute atomic E-state index is 0.348. The monoisotopic (exact) mass is 231 g/mol. The topological polar surface area (TPSA) is 41.9 Å². The third-order valence-corrected chi connectivity index (χ3v) is 3.09. The number of aliphatic hydroxyl groups excluding tert-OH is 1. The average molecular weight is 231 g/mol.